The van der Waals surface area contributed by atoms with Crippen LogP contribution in [0.15, 0.2) is 36.4 Å². The van der Waals surface area contributed by atoms with E-state index in [0.717, 1.165) is 11.1 Å². The van der Waals surface area contributed by atoms with Crippen molar-refractivity contribution in [2.75, 3.05) is 7.11 Å². The van der Waals surface area contributed by atoms with Crippen molar-refractivity contribution in [3.63, 3.8) is 0 Å². The summed E-state index contributed by atoms with van der Waals surface area (Å²) in [6.07, 6.45) is 0. The molecule has 0 saturated carbocycles. The smallest absolute Gasteiger partial charge is 0.127 e. The zero-order valence-electron chi connectivity index (χ0n) is 10.3. The summed E-state index contributed by atoms with van der Waals surface area (Å²) in [7, 11) is 1.59. The molecule has 2 aromatic rings. The summed E-state index contributed by atoms with van der Waals surface area (Å²) >= 11 is 0. The van der Waals surface area contributed by atoms with Crippen molar-refractivity contribution in [1.29, 1.82) is 0 Å². The minimum atomic E-state index is 0.245. The van der Waals surface area contributed by atoms with Crippen molar-refractivity contribution in [2.24, 2.45) is 0 Å². The number of hydrogen-bond acceptors (Lipinski definition) is 2. The first-order valence-corrected chi connectivity index (χ1v) is 5.56. The molecule has 0 aliphatic heterocycles. The van der Waals surface area contributed by atoms with E-state index in [1.807, 2.05) is 12.1 Å². The summed E-state index contributed by atoms with van der Waals surface area (Å²) in [4.78, 5) is 0. The summed E-state index contributed by atoms with van der Waals surface area (Å²) < 4.78 is 5.07. The van der Waals surface area contributed by atoms with Gasteiger partial charge in [0.15, 0.2) is 0 Å². The van der Waals surface area contributed by atoms with Gasteiger partial charge in [0, 0.05) is 11.6 Å². The molecule has 0 atom stereocenters. The van der Waals surface area contributed by atoms with E-state index >= 15 is 0 Å². The molecule has 0 radical (unpaired) electrons. The molecule has 1 N–H and O–H groups in total. The first-order chi connectivity index (χ1) is 8.10. The highest BCUT2D eigenvalue weighted by Crippen LogP contribution is 2.33. The molecule has 2 heteroatoms. The minimum Gasteiger partial charge on any atom is -0.507 e. The fourth-order valence-corrected chi connectivity index (χ4v) is 2.01. The van der Waals surface area contributed by atoms with Crippen molar-refractivity contribution in [3.8, 4) is 22.6 Å². The van der Waals surface area contributed by atoms with Gasteiger partial charge >= 0.3 is 0 Å². The summed E-state index contributed by atoms with van der Waals surface area (Å²) in [5, 5.41) is 9.98. The van der Waals surface area contributed by atoms with Gasteiger partial charge in [-0.25, -0.2) is 0 Å². The van der Waals surface area contributed by atoms with Gasteiger partial charge in [-0.15, -0.1) is 0 Å². The number of rotatable bonds is 2. The predicted molar refractivity (Wildman–Crippen MR) is 69.6 cm³/mol. The zero-order valence-corrected chi connectivity index (χ0v) is 10.3. The van der Waals surface area contributed by atoms with Crippen LogP contribution in [0.1, 0.15) is 11.1 Å². The number of hydrogen-bond donors (Lipinski definition) is 1. The van der Waals surface area contributed by atoms with Crippen LogP contribution in [0.5, 0.6) is 11.5 Å². The van der Waals surface area contributed by atoms with Crippen LogP contribution < -0.4 is 4.74 Å². The average molecular weight is 228 g/mol. The largest absolute Gasteiger partial charge is 0.507 e. The van der Waals surface area contributed by atoms with E-state index < -0.39 is 0 Å². The molecule has 2 aromatic carbocycles. The van der Waals surface area contributed by atoms with Crippen LogP contribution in [-0.4, -0.2) is 12.2 Å². The Balaban J connectivity index is 2.52. The number of phenolic OH excluding ortho intramolecular Hbond substituents is 1. The van der Waals surface area contributed by atoms with Crippen LogP contribution in [0.25, 0.3) is 11.1 Å². The van der Waals surface area contributed by atoms with Gasteiger partial charge in [0.1, 0.15) is 11.5 Å². The molecular formula is C15H16O2. The lowest BCUT2D eigenvalue weighted by Gasteiger charge is -2.09. The van der Waals surface area contributed by atoms with Gasteiger partial charge in [-0.05, 0) is 31.5 Å². The summed E-state index contributed by atoms with van der Waals surface area (Å²) in [5.74, 6) is 0.907. The van der Waals surface area contributed by atoms with Gasteiger partial charge in [0.05, 0.1) is 7.11 Å². The fourth-order valence-electron chi connectivity index (χ4n) is 2.01. The Morgan fingerprint density at radius 3 is 2.12 bits per heavy atom. The number of ether oxygens (including phenoxy) is 1. The third-order valence-electron chi connectivity index (χ3n) is 2.74. The highest BCUT2D eigenvalue weighted by atomic mass is 16.5. The van der Waals surface area contributed by atoms with Gasteiger partial charge in [0.25, 0.3) is 0 Å². The van der Waals surface area contributed by atoms with E-state index in [1.165, 1.54) is 11.1 Å². The molecule has 88 valence electrons. The molecule has 2 rings (SSSR count). The molecule has 2 nitrogen and oxygen atoms in total. The number of aryl methyl sites for hydroxylation is 2. The van der Waals surface area contributed by atoms with Crippen molar-refractivity contribution in [2.45, 2.75) is 13.8 Å². The summed E-state index contributed by atoms with van der Waals surface area (Å²) in [6.45, 7) is 4.11. The van der Waals surface area contributed by atoms with Crippen LogP contribution in [0.4, 0.5) is 0 Å². The zero-order chi connectivity index (χ0) is 12.4. The molecule has 0 aliphatic rings. The fraction of sp³-hybridized carbons (Fsp3) is 0.200. The third-order valence-corrected chi connectivity index (χ3v) is 2.74. The Hall–Kier alpha value is -1.96. The van der Waals surface area contributed by atoms with Gasteiger partial charge in [-0.2, -0.15) is 0 Å². The topological polar surface area (TPSA) is 29.5 Å². The van der Waals surface area contributed by atoms with Gasteiger partial charge in [0.2, 0.25) is 0 Å². The number of aromatic hydroxyl groups is 1. The van der Waals surface area contributed by atoms with Crippen LogP contribution in [0.2, 0.25) is 0 Å². The lowest BCUT2D eigenvalue weighted by molar-refractivity contribution is 0.408. The van der Waals surface area contributed by atoms with Gasteiger partial charge < -0.3 is 9.84 Å². The maximum absolute atomic E-state index is 9.98. The standard InChI is InChI=1S/C15H16O2/c1-10-6-11(2)8-12(7-10)14-5-4-13(17-3)9-15(14)16/h4-9,16H,1-3H3. The molecule has 0 bridgehead atoms. The highest BCUT2D eigenvalue weighted by Gasteiger charge is 2.06. The number of benzene rings is 2. The molecule has 0 heterocycles. The minimum absolute atomic E-state index is 0.245. The summed E-state index contributed by atoms with van der Waals surface area (Å²) in [6, 6.07) is 11.6. The molecule has 17 heavy (non-hydrogen) atoms. The monoisotopic (exact) mass is 228 g/mol. The third kappa shape index (κ3) is 2.41. The van der Waals surface area contributed by atoms with E-state index in [0.29, 0.717) is 5.75 Å². The lowest BCUT2D eigenvalue weighted by atomic mass is 10.00. The Labute approximate surface area is 101 Å². The van der Waals surface area contributed by atoms with Crippen LogP contribution >= 0.6 is 0 Å². The molecule has 0 amide bonds. The van der Waals surface area contributed by atoms with Crippen LogP contribution in [0.3, 0.4) is 0 Å². The van der Waals surface area contributed by atoms with Crippen molar-refractivity contribution in [3.05, 3.63) is 47.5 Å². The molecule has 0 fully saturated rings. The van der Waals surface area contributed by atoms with Gasteiger partial charge in [-0.1, -0.05) is 29.3 Å². The normalized spacial score (nSPS) is 10.3. The van der Waals surface area contributed by atoms with E-state index in [9.17, 15) is 5.11 Å². The number of phenols is 1. The molecule has 0 spiro atoms. The summed E-state index contributed by atoms with van der Waals surface area (Å²) in [5.41, 5.74) is 4.24. The molecular weight excluding hydrogens is 212 g/mol. The van der Waals surface area contributed by atoms with Gasteiger partial charge in [-0.3, -0.25) is 0 Å². The van der Waals surface area contributed by atoms with Crippen molar-refractivity contribution in [1.82, 2.24) is 0 Å². The second kappa shape index (κ2) is 4.50. The molecule has 0 aromatic heterocycles. The van der Waals surface area contributed by atoms with Crippen LogP contribution in [-0.2, 0) is 0 Å². The molecule has 0 aliphatic carbocycles. The Morgan fingerprint density at radius 1 is 0.941 bits per heavy atom. The Kier molecular flexibility index (Phi) is 3.05. The van der Waals surface area contributed by atoms with E-state index in [1.54, 1.807) is 13.2 Å². The Morgan fingerprint density at radius 2 is 1.59 bits per heavy atom. The van der Waals surface area contributed by atoms with Crippen molar-refractivity contribution >= 4 is 0 Å². The average Bonchev–Trinajstić information content (AvgIpc) is 2.27. The second-order valence-electron chi connectivity index (χ2n) is 4.26. The second-order valence-corrected chi connectivity index (χ2v) is 4.26. The quantitative estimate of drug-likeness (QED) is 0.849. The van der Waals surface area contributed by atoms with Crippen LogP contribution in [0, 0.1) is 13.8 Å². The number of methoxy groups -OCH3 is 1. The molecule has 0 unspecified atom stereocenters. The maximum atomic E-state index is 9.98. The molecule has 0 saturated heterocycles. The van der Waals surface area contributed by atoms with E-state index in [2.05, 4.69) is 32.0 Å². The van der Waals surface area contributed by atoms with E-state index in [4.69, 9.17) is 4.74 Å². The maximum Gasteiger partial charge on any atom is 0.127 e. The van der Waals surface area contributed by atoms with E-state index in [-0.39, 0.29) is 5.75 Å². The highest BCUT2D eigenvalue weighted by molar-refractivity contribution is 5.72. The SMILES string of the molecule is COc1ccc(-c2cc(C)cc(C)c2)c(O)c1. The predicted octanol–water partition coefficient (Wildman–Crippen LogP) is 3.68. The first-order valence-electron chi connectivity index (χ1n) is 5.56. The van der Waals surface area contributed by atoms with Crippen molar-refractivity contribution < 1.29 is 9.84 Å². The first kappa shape index (κ1) is 11.5. The Bertz CT molecular complexity index is 524. The lowest BCUT2D eigenvalue weighted by Crippen LogP contribution is -1.86.